The minimum atomic E-state index is -0.232. The number of fused-ring (bicyclic) bond motifs is 1. The van der Waals surface area contributed by atoms with Crippen LogP contribution in [0.5, 0.6) is 11.5 Å². The van der Waals surface area contributed by atoms with Gasteiger partial charge in [-0.05, 0) is 35.2 Å². The molecular weight excluding hydrogens is 288 g/mol. The van der Waals surface area contributed by atoms with Crippen LogP contribution in [0.4, 0.5) is 0 Å². The summed E-state index contributed by atoms with van der Waals surface area (Å²) in [5.74, 6) is 0.553. The molecule has 0 spiro atoms. The normalized spacial score (nSPS) is 11.0. The number of phenols is 1. The molecule has 3 rings (SSSR count). The van der Waals surface area contributed by atoms with E-state index in [2.05, 4.69) is 0 Å². The Labute approximate surface area is 134 Å². The first-order valence-corrected chi connectivity index (χ1v) is 7.26. The summed E-state index contributed by atoms with van der Waals surface area (Å²) >= 11 is 0. The molecule has 3 nitrogen and oxygen atoms in total. The van der Waals surface area contributed by atoms with E-state index < -0.39 is 0 Å². The number of rotatable bonds is 4. The zero-order chi connectivity index (χ0) is 16.2. The van der Waals surface area contributed by atoms with Crippen LogP contribution in [0.15, 0.2) is 66.7 Å². The number of methoxy groups -OCH3 is 1. The molecule has 0 atom stereocenters. The summed E-state index contributed by atoms with van der Waals surface area (Å²) in [6, 6.07) is 18.3. The van der Waals surface area contributed by atoms with E-state index in [1.165, 1.54) is 6.08 Å². The Kier molecular flexibility index (Phi) is 4.11. The highest BCUT2D eigenvalue weighted by Crippen LogP contribution is 2.29. The Bertz CT molecular complexity index is 877. The van der Waals surface area contributed by atoms with Gasteiger partial charge in [-0.15, -0.1) is 0 Å². The molecule has 0 heterocycles. The molecule has 3 heteroatoms. The minimum absolute atomic E-state index is 0.0208. The van der Waals surface area contributed by atoms with Crippen molar-refractivity contribution in [3.05, 3.63) is 77.9 Å². The van der Waals surface area contributed by atoms with E-state index in [0.29, 0.717) is 10.9 Å². The van der Waals surface area contributed by atoms with E-state index in [9.17, 15) is 9.90 Å². The average molecular weight is 304 g/mol. The molecule has 1 N–H and O–H groups in total. The van der Waals surface area contributed by atoms with Crippen molar-refractivity contribution in [1.29, 1.82) is 0 Å². The smallest absolute Gasteiger partial charge is 0.189 e. The zero-order valence-electron chi connectivity index (χ0n) is 12.7. The van der Waals surface area contributed by atoms with Crippen LogP contribution in [0, 0.1) is 0 Å². The molecule has 0 aliphatic carbocycles. The quantitative estimate of drug-likeness (QED) is 0.572. The van der Waals surface area contributed by atoms with Crippen molar-refractivity contribution in [1.82, 2.24) is 0 Å². The van der Waals surface area contributed by atoms with E-state index in [4.69, 9.17) is 4.74 Å². The van der Waals surface area contributed by atoms with Crippen LogP contribution in [0.2, 0.25) is 0 Å². The number of benzene rings is 3. The van der Waals surface area contributed by atoms with Gasteiger partial charge in [-0.25, -0.2) is 0 Å². The summed E-state index contributed by atoms with van der Waals surface area (Å²) in [7, 11) is 1.61. The third kappa shape index (κ3) is 3.09. The Morgan fingerprint density at radius 1 is 1.00 bits per heavy atom. The van der Waals surface area contributed by atoms with Gasteiger partial charge in [-0.2, -0.15) is 0 Å². The van der Waals surface area contributed by atoms with E-state index >= 15 is 0 Å². The van der Waals surface area contributed by atoms with Gasteiger partial charge in [0.1, 0.15) is 11.5 Å². The second-order valence-electron chi connectivity index (χ2n) is 5.15. The summed E-state index contributed by atoms with van der Waals surface area (Å²) in [4.78, 5) is 12.3. The third-order valence-electron chi connectivity index (χ3n) is 3.71. The number of aromatic hydroxyl groups is 1. The number of carbonyl (C=O) groups excluding carboxylic acids is 1. The van der Waals surface area contributed by atoms with Crippen molar-refractivity contribution in [3.63, 3.8) is 0 Å². The number of allylic oxidation sites excluding steroid dienone is 1. The number of ketones is 1. The van der Waals surface area contributed by atoms with Crippen LogP contribution in [0.1, 0.15) is 15.9 Å². The van der Waals surface area contributed by atoms with Gasteiger partial charge in [-0.1, -0.05) is 48.5 Å². The van der Waals surface area contributed by atoms with Crippen molar-refractivity contribution in [2.75, 3.05) is 7.11 Å². The molecule has 3 aromatic rings. The first-order chi connectivity index (χ1) is 11.2. The van der Waals surface area contributed by atoms with Gasteiger partial charge in [0.05, 0.1) is 12.7 Å². The van der Waals surface area contributed by atoms with E-state index in [1.54, 1.807) is 25.3 Å². The molecule has 0 unspecified atom stereocenters. The molecule has 0 bridgehead atoms. The monoisotopic (exact) mass is 304 g/mol. The molecule has 0 aliphatic heterocycles. The maximum absolute atomic E-state index is 12.3. The summed E-state index contributed by atoms with van der Waals surface area (Å²) in [5.41, 5.74) is 1.19. The standard InChI is InChI=1S/C20H16O3/c1-23-16-10-6-14(7-11-16)8-13-19(21)18-12-9-15-4-2-3-5-17(15)20(18)22/h2-13,22H,1H3/b13-8-. The lowest BCUT2D eigenvalue weighted by atomic mass is 10.0. The van der Waals surface area contributed by atoms with Crippen molar-refractivity contribution in [3.8, 4) is 11.5 Å². The fourth-order valence-electron chi connectivity index (χ4n) is 2.43. The third-order valence-corrected chi connectivity index (χ3v) is 3.71. The highest BCUT2D eigenvalue weighted by molar-refractivity contribution is 6.11. The molecular formula is C20H16O3. The minimum Gasteiger partial charge on any atom is -0.507 e. The highest BCUT2D eigenvalue weighted by atomic mass is 16.5. The molecule has 0 radical (unpaired) electrons. The lowest BCUT2D eigenvalue weighted by Gasteiger charge is -2.05. The van der Waals surface area contributed by atoms with Crippen LogP contribution < -0.4 is 4.74 Å². The second kappa shape index (κ2) is 6.36. The van der Waals surface area contributed by atoms with Crippen molar-refractivity contribution in [2.45, 2.75) is 0 Å². The van der Waals surface area contributed by atoms with Gasteiger partial charge in [0.15, 0.2) is 5.78 Å². The molecule has 0 amide bonds. The van der Waals surface area contributed by atoms with Crippen LogP contribution >= 0.6 is 0 Å². The second-order valence-corrected chi connectivity index (χ2v) is 5.15. The van der Waals surface area contributed by atoms with Crippen LogP contribution in [0.25, 0.3) is 16.8 Å². The van der Waals surface area contributed by atoms with Gasteiger partial charge < -0.3 is 9.84 Å². The van der Waals surface area contributed by atoms with Crippen molar-refractivity contribution < 1.29 is 14.6 Å². The first kappa shape index (κ1) is 14.9. The van der Waals surface area contributed by atoms with E-state index in [-0.39, 0.29) is 11.5 Å². The summed E-state index contributed by atoms with van der Waals surface area (Å²) in [5, 5.41) is 11.9. The Balaban J connectivity index is 1.88. The highest BCUT2D eigenvalue weighted by Gasteiger charge is 2.11. The van der Waals surface area contributed by atoms with Crippen molar-refractivity contribution in [2.24, 2.45) is 0 Å². The Hall–Kier alpha value is -3.07. The lowest BCUT2D eigenvalue weighted by molar-refractivity contribution is 0.104. The average Bonchev–Trinajstić information content (AvgIpc) is 2.60. The lowest BCUT2D eigenvalue weighted by Crippen LogP contribution is -1.95. The van der Waals surface area contributed by atoms with Gasteiger partial charge in [0.25, 0.3) is 0 Å². The summed E-state index contributed by atoms with van der Waals surface area (Å²) < 4.78 is 5.10. The fraction of sp³-hybridized carbons (Fsp3) is 0.0500. The Morgan fingerprint density at radius 2 is 1.74 bits per heavy atom. The maximum Gasteiger partial charge on any atom is 0.189 e. The number of hydrogen-bond donors (Lipinski definition) is 1. The predicted molar refractivity (Wildman–Crippen MR) is 92.0 cm³/mol. The maximum atomic E-state index is 12.3. The van der Waals surface area contributed by atoms with Crippen molar-refractivity contribution >= 4 is 22.6 Å². The van der Waals surface area contributed by atoms with E-state index in [0.717, 1.165) is 16.7 Å². The molecule has 0 fully saturated rings. The summed E-state index contributed by atoms with van der Waals surface area (Å²) in [6.45, 7) is 0. The molecule has 3 aromatic carbocycles. The largest absolute Gasteiger partial charge is 0.507 e. The SMILES string of the molecule is COc1ccc(/C=C\C(=O)c2ccc3ccccc3c2O)cc1. The number of carbonyl (C=O) groups is 1. The number of phenolic OH excluding ortho intramolecular Hbond substituents is 1. The predicted octanol–water partition coefficient (Wildman–Crippen LogP) is 4.45. The zero-order valence-corrected chi connectivity index (χ0v) is 12.7. The van der Waals surface area contributed by atoms with Crippen LogP contribution in [-0.2, 0) is 0 Å². The van der Waals surface area contributed by atoms with Gasteiger partial charge in [-0.3, -0.25) is 4.79 Å². The molecule has 0 aromatic heterocycles. The molecule has 0 saturated heterocycles. The Morgan fingerprint density at radius 3 is 2.48 bits per heavy atom. The van der Waals surface area contributed by atoms with E-state index in [1.807, 2.05) is 48.5 Å². The topological polar surface area (TPSA) is 46.5 Å². The van der Waals surface area contributed by atoms with Gasteiger partial charge in [0.2, 0.25) is 0 Å². The summed E-state index contributed by atoms with van der Waals surface area (Å²) in [6.07, 6.45) is 3.18. The van der Waals surface area contributed by atoms with Gasteiger partial charge in [0, 0.05) is 5.39 Å². The molecule has 0 aliphatic rings. The van der Waals surface area contributed by atoms with Crippen LogP contribution in [-0.4, -0.2) is 18.0 Å². The van der Waals surface area contributed by atoms with Gasteiger partial charge >= 0.3 is 0 Å². The van der Waals surface area contributed by atoms with Crippen LogP contribution in [0.3, 0.4) is 0 Å². The molecule has 114 valence electrons. The molecule has 23 heavy (non-hydrogen) atoms. The fourth-order valence-corrected chi connectivity index (χ4v) is 2.43. The first-order valence-electron chi connectivity index (χ1n) is 7.26. The molecule has 0 saturated carbocycles. The number of ether oxygens (including phenoxy) is 1. The number of hydrogen-bond acceptors (Lipinski definition) is 3.